The molecule has 0 saturated carbocycles. The van der Waals surface area contributed by atoms with Crippen LogP contribution < -0.4 is 10.6 Å². The number of aromatic nitrogens is 1. The van der Waals surface area contributed by atoms with Crippen LogP contribution in [0.25, 0.3) is 5.57 Å². The minimum Gasteiger partial charge on any atom is -0.387 e. The highest BCUT2D eigenvalue weighted by atomic mass is 15.1. The summed E-state index contributed by atoms with van der Waals surface area (Å²) in [6.07, 6.45) is 11.8. The molecule has 0 fully saturated rings. The van der Waals surface area contributed by atoms with Crippen LogP contribution >= 0.6 is 0 Å². The lowest BCUT2D eigenvalue weighted by molar-refractivity contribution is 0.352. The van der Waals surface area contributed by atoms with Gasteiger partial charge in [0.05, 0.1) is 11.9 Å². The number of pyridine rings is 1. The van der Waals surface area contributed by atoms with Crippen molar-refractivity contribution < 1.29 is 0 Å². The number of hydrogen-bond acceptors (Lipinski definition) is 4. The third-order valence-corrected chi connectivity index (χ3v) is 4.00. The van der Waals surface area contributed by atoms with Crippen LogP contribution in [0.2, 0.25) is 0 Å². The van der Waals surface area contributed by atoms with Crippen LogP contribution in [0.5, 0.6) is 0 Å². The third kappa shape index (κ3) is 6.49. The Hall–Kier alpha value is -2.49. The molecule has 2 N–H and O–H groups in total. The van der Waals surface area contributed by atoms with Gasteiger partial charge in [0.1, 0.15) is 0 Å². The molecule has 4 heteroatoms. The molecular formula is C21H32N4. The van der Waals surface area contributed by atoms with Crippen molar-refractivity contribution in [3.05, 3.63) is 66.9 Å². The fourth-order valence-corrected chi connectivity index (χ4v) is 2.61. The largest absolute Gasteiger partial charge is 0.387 e. The Labute approximate surface area is 153 Å². The van der Waals surface area contributed by atoms with Crippen molar-refractivity contribution in [2.45, 2.75) is 33.6 Å². The van der Waals surface area contributed by atoms with Crippen molar-refractivity contribution in [1.29, 1.82) is 0 Å². The molecule has 1 aromatic rings. The first-order valence-corrected chi connectivity index (χ1v) is 8.83. The monoisotopic (exact) mass is 340 g/mol. The summed E-state index contributed by atoms with van der Waals surface area (Å²) in [7, 11) is 1.90. The maximum atomic E-state index is 4.50. The molecule has 1 heterocycles. The van der Waals surface area contributed by atoms with Gasteiger partial charge in [0.15, 0.2) is 0 Å². The van der Waals surface area contributed by atoms with Crippen molar-refractivity contribution in [2.24, 2.45) is 0 Å². The lowest BCUT2D eigenvalue weighted by atomic mass is 10.0. The lowest BCUT2D eigenvalue weighted by Gasteiger charge is -2.25. The number of hydrogen-bond donors (Lipinski definition) is 2. The van der Waals surface area contributed by atoms with Crippen LogP contribution in [0.15, 0.2) is 55.7 Å². The van der Waals surface area contributed by atoms with E-state index in [4.69, 9.17) is 0 Å². The van der Waals surface area contributed by atoms with E-state index in [0.29, 0.717) is 0 Å². The maximum absolute atomic E-state index is 4.50. The normalized spacial score (nSPS) is 11.8. The number of nitrogens with zero attached hydrogens (tertiary/aromatic N) is 2. The lowest BCUT2D eigenvalue weighted by Crippen LogP contribution is -2.23. The molecule has 0 aromatic carbocycles. The van der Waals surface area contributed by atoms with Crippen molar-refractivity contribution in [3.8, 4) is 0 Å². The highest BCUT2D eigenvalue weighted by Crippen LogP contribution is 2.24. The Balaban J connectivity index is 3.25. The van der Waals surface area contributed by atoms with Gasteiger partial charge < -0.3 is 15.5 Å². The van der Waals surface area contributed by atoms with Gasteiger partial charge in [-0.3, -0.25) is 4.98 Å². The van der Waals surface area contributed by atoms with E-state index >= 15 is 0 Å². The summed E-state index contributed by atoms with van der Waals surface area (Å²) < 4.78 is 0. The zero-order chi connectivity index (χ0) is 18.7. The second-order valence-corrected chi connectivity index (χ2v) is 5.93. The van der Waals surface area contributed by atoms with Crippen LogP contribution in [0.1, 0.15) is 37.9 Å². The number of aryl methyl sites for hydroxylation is 1. The molecule has 0 bridgehead atoms. The van der Waals surface area contributed by atoms with Crippen LogP contribution in [-0.2, 0) is 0 Å². The van der Waals surface area contributed by atoms with Crippen molar-refractivity contribution in [2.75, 3.05) is 25.5 Å². The maximum Gasteiger partial charge on any atom is 0.0530 e. The Morgan fingerprint density at radius 1 is 1.32 bits per heavy atom. The topological polar surface area (TPSA) is 40.2 Å². The highest BCUT2D eigenvalue weighted by Gasteiger charge is 2.09. The molecule has 1 rings (SSSR count). The predicted octanol–water partition coefficient (Wildman–Crippen LogP) is 4.70. The average Bonchev–Trinajstić information content (AvgIpc) is 2.62. The second-order valence-electron chi connectivity index (χ2n) is 5.93. The van der Waals surface area contributed by atoms with Gasteiger partial charge in [-0.05, 0) is 45.0 Å². The number of anilines is 1. The van der Waals surface area contributed by atoms with Gasteiger partial charge in [-0.1, -0.05) is 19.6 Å². The SMILES string of the molecule is C=CCCN(CCC)/C(C)=C/C(=C\NC=C)c1cc(NC)cnc1C. The summed E-state index contributed by atoms with van der Waals surface area (Å²) >= 11 is 0. The van der Waals surface area contributed by atoms with Gasteiger partial charge in [-0.2, -0.15) is 0 Å². The zero-order valence-corrected chi connectivity index (χ0v) is 16.1. The molecule has 4 nitrogen and oxygen atoms in total. The first kappa shape index (κ1) is 20.6. The van der Waals surface area contributed by atoms with Gasteiger partial charge in [0.2, 0.25) is 0 Å². The number of allylic oxidation sites excluding steroid dienone is 3. The molecule has 136 valence electrons. The van der Waals surface area contributed by atoms with E-state index in [-0.39, 0.29) is 0 Å². The average molecular weight is 341 g/mol. The summed E-state index contributed by atoms with van der Waals surface area (Å²) in [5.41, 5.74) is 5.40. The molecule has 1 aromatic heterocycles. The van der Waals surface area contributed by atoms with E-state index in [1.165, 1.54) is 5.70 Å². The molecule has 0 aliphatic rings. The van der Waals surface area contributed by atoms with E-state index in [1.54, 1.807) is 6.20 Å². The van der Waals surface area contributed by atoms with Crippen LogP contribution in [0, 0.1) is 6.92 Å². The Bertz CT molecular complexity index is 629. The third-order valence-electron chi connectivity index (χ3n) is 4.00. The minimum atomic E-state index is 0.977. The van der Waals surface area contributed by atoms with E-state index in [9.17, 15) is 0 Å². The Morgan fingerprint density at radius 2 is 2.08 bits per heavy atom. The van der Waals surface area contributed by atoms with E-state index < -0.39 is 0 Å². The summed E-state index contributed by atoms with van der Waals surface area (Å²) in [6, 6.07) is 2.12. The molecule has 0 saturated heterocycles. The van der Waals surface area contributed by atoms with Crippen LogP contribution in [0.3, 0.4) is 0 Å². The Morgan fingerprint density at radius 3 is 2.68 bits per heavy atom. The number of rotatable bonds is 11. The van der Waals surface area contributed by atoms with Gasteiger partial charge in [-0.25, -0.2) is 0 Å². The van der Waals surface area contributed by atoms with E-state index in [0.717, 1.165) is 48.4 Å². The Kier molecular flexibility index (Phi) is 9.15. The standard InChI is InChI=1S/C21H32N4/c1-7-10-12-25(11-8-2)17(4)13-19(15-23-9-3)21-14-20(22-6)16-24-18(21)5/h7,9,13-16,22-23H,1,3,8,10-12H2,2,4-6H3/b17-13+,19-15+. The highest BCUT2D eigenvalue weighted by molar-refractivity contribution is 5.77. The molecule has 0 aliphatic carbocycles. The van der Waals surface area contributed by atoms with Gasteiger partial charge in [0.25, 0.3) is 0 Å². The second kappa shape index (κ2) is 11.1. The molecule has 25 heavy (non-hydrogen) atoms. The van der Waals surface area contributed by atoms with E-state index in [1.807, 2.05) is 32.4 Å². The summed E-state index contributed by atoms with van der Waals surface area (Å²) in [5.74, 6) is 0. The summed E-state index contributed by atoms with van der Waals surface area (Å²) in [5, 5.41) is 6.26. The van der Waals surface area contributed by atoms with Crippen molar-refractivity contribution in [3.63, 3.8) is 0 Å². The molecule has 0 spiro atoms. The zero-order valence-electron chi connectivity index (χ0n) is 16.1. The van der Waals surface area contributed by atoms with Gasteiger partial charge >= 0.3 is 0 Å². The fourth-order valence-electron chi connectivity index (χ4n) is 2.61. The summed E-state index contributed by atoms with van der Waals surface area (Å²) in [6.45, 7) is 16.0. The van der Waals surface area contributed by atoms with E-state index in [2.05, 4.69) is 59.7 Å². The quantitative estimate of drug-likeness (QED) is 0.452. The first-order chi connectivity index (χ1) is 12.1. The first-order valence-electron chi connectivity index (χ1n) is 8.83. The molecule has 0 radical (unpaired) electrons. The van der Waals surface area contributed by atoms with Gasteiger partial charge in [0, 0.05) is 48.9 Å². The molecular weight excluding hydrogens is 308 g/mol. The minimum absolute atomic E-state index is 0.977. The number of nitrogens with one attached hydrogen (secondary N) is 2. The molecule has 0 amide bonds. The fraction of sp³-hybridized carbons (Fsp3) is 0.381. The smallest absolute Gasteiger partial charge is 0.0530 e. The van der Waals surface area contributed by atoms with Crippen molar-refractivity contribution >= 4 is 11.3 Å². The van der Waals surface area contributed by atoms with Crippen LogP contribution in [-0.4, -0.2) is 30.0 Å². The van der Waals surface area contributed by atoms with Crippen LogP contribution in [0.4, 0.5) is 5.69 Å². The van der Waals surface area contributed by atoms with Gasteiger partial charge in [-0.15, -0.1) is 6.58 Å². The molecule has 0 unspecified atom stereocenters. The summed E-state index contributed by atoms with van der Waals surface area (Å²) in [4.78, 5) is 6.90. The van der Waals surface area contributed by atoms with Crippen molar-refractivity contribution in [1.82, 2.24) is 15.2 Å². The predicted molar refractivity (Wildman–Crippen MR) is 110 cm³/mol. The molecule has 0 atom stereocenters. The molecule has 0 aliphatic heterocycles.